The second-order valence-corrected chi connectivity index (χ2v) is 7.46. The first-order valence-corrected chi connectivity index (χ1v) is 8.40. The normalized spacial score (nSPS) is 11.7. The molecule has 0 saturated carbocycles. The van der Waals surface area contributed by atoms with E-state index in [0.29, 0.717) is 6.04 Å². The highest BCUT2D eigenvalue weighted by Crippen LogP contribution is 2.21. The maximum absolute atomic E-state index is 3.51. The molecular formula is C14H25BrN2S. The zero-order valence-electron chi connectivity index (χ0n) is 11.7. The summed E-state index contributed by atoms with van der Waals surface area (Å²) in [6, 6.07) is 2.83. The van der Waals surface area contributed by atoms with Crippen LogP contribution < -0.4 is 5.32 Å². The predicted octanol–water partition coefficient (Wildman–Crippen LogP) is 4.11. The van der Waals surface area contributed by atoms with Crippen molar-refractivity contribution in [2.75, 3.05) is 20.1 Å². The summed E-state index contributed by atoms with van der Waals surface area (Å²) >= 11 is 5.27. The Hall–Kier alpha value is 0.100. The van der Waals surface area contributed by atoms with E-state index in [2.05, 4.69) is 58.5 Å². The van der Waals surface area contributed by atoms with E-state index in [1.165, 1.54) is 35.2 Å². The Morgan fingerprint density at radius 3 is 2.72 bits per heavy atom. The summed E-state index contributed by atoms with van der Waals surface area (Å²) in [5.74, 6) is 0. The molecule has 0 aliphatic heterocycles. The molecule has 0 aliphatic rings. The number of nitrogens with zero attached hydrogens (tertiary/aromatic N) is 1. The Balaban J connectivity index is 2.01. The maximum Gasteiger partial charge on any atom is 0.0701 e. The lowest BCUT2D eigenvalue weighted by atomic mass is 10.2. The molecule has 0 fully saturated rings. The number of rotatable bonds is 9. The Morgan fingerprint density at radius 2 is 2.11 bits per heavy atom. The van der Waals surface area contributed by atoms with Gasteiger partial charge in [-0.05, 0) is 65.9 Å². The first kappa shape index (κ1) is 16.2. The van der Waals surface area contributed by atoms with Crippen molar-refractivity contribution in [1.82, 2.24) is 10.2 Å². The molecule has 18 heavy (non-hydrogen) atoms. The molecule has 0 amide bonds. The Bertz CT molecular complexity index is 325. The molecule has 0 radical (unpaired) electrons. The smallest absolute Gasteiger partial charge is 0.0701 e. The Kier molecular flexibility index (Phi) is 8.15. The quantitative estimate of drug-likeness (QED) is 0.684. The second-order valence-electron chi connectivity index (χ2n) is 5.17. The number of halogens is 1. The van der Waals surface area contributed by atoms with Crippen molar-refractivity contribution in [3.05, 3.63) is 20.8 Å². The molecule has 0 atom stereocenters. The van der Waals surface area contributed by atoms with Crippen LogP contribution in [0.4, 0.5) is 0 Å². The molecule has 0 bridgehead atoms. The minimum absolute atomic E-state index is 0.615. The van der Waals surface area contributed by atoms with Gasteiger partial charge < -0.3 is 10.2 Å². The van der Waals surface area contributed by atoms with Crippen LogP contribution in [0.1, 0.15) is 38.7 Å². The molecule has 1 heterocycles. The average Bonchev–Trinajstić information content (AvgIpc) is 2.68. The molecule has 1 N–H and O–H groups in total. The van der Waals surface area contributed by atoms with Crippen molar-refractivity contribution in [1.29, 1.82) is 0 Å². The molecule has 0 aliphatic carbocycles. The van der Waals surface area contributed by atoms with Gasteiger partial charge in [0, 0.05) is 12.6 Å². The first-order valence-electron chi connectivity index (χ1n) is 6.72. The van der Waals surface area contributed by atoms with Gasteiger partial charge in [0.1, 0.15) is 0 Å². The molecule has 4 heteroatoms. The summed E-state index contributed by atoms with van der Waals surface area (Å²) in [7, 11) is 2.21. The average molecular weight is 333 g/mol. The SMILES string of the molecule is CC(C)NCCCCCN(C)Cc1csc(Br)c1. The van der Waals surface area contributed by atoms with Crippen LogP contribution in [0.15, 0.2) is 15.2 Å². The van der Waals surface area contributed by atoms with Crippen LogP contribution in [-0.2, 0) is 6.54 Å². The third-order valence-corrected chi connectivity index (χ3v) is 4.40. The summed E-state index contributed by atoms with van der Waals surface area (Å²) in [5.41, 5.74) is 1.41. The van der Waals surface area contributed by atoms with Crippen LogP contribution in [0.5, 0.6) is 0 Å². The van der Waals surface area contributed by atoms with Gasteiger partial charge in [0.2, 0.25) is 0 Å². The van der Waals surface area contributed by atoms with E-state index in [1.54, 1.807) is 11.3 Å². The standard InChI is InChI=1S/C14H25BrN2S/c1-12(2)16-7-5-4-6-8-17(3)10-13-9-14(15)18-11-13/h9,11-12,16H,4-8,10H2,1-3H3. The van der Waals surface area contributed by atoms with Crippen LogP contribution in [0.3, 0.4) is 0 Å². The zero-order chi connectivity index (χ0) is 13.4. The van der Waals surface area contributed by atoms with E-state index in [9.17, 15) is 0 Å². The third-order valence-electron chi connectivity index (χ3n) is 2.84. The molecule has 0 unspecified atom stereocenters. The molecule has 104 valence electrons. The lowest BCUT2D eigenvalue weighted by molar-refractivity contribution is 0.317. The van der Waals surface area contributed by atoms with Gasteiger partial charge >= 0.3 is 0 Å². The number of hydrogen-bond acceptors (Lipinski definition) is 3. The highest BCUT2D eigenvalue weighted by molar-refractivity contribution is 9.11. The van der Waals surface area contributed by atoms with Crippen LogP contribution in [0, 0.1) is 0 Å². The molecule has 1 rings (SSSR count). The number of nitrogens with one attached hydrogen (secondary N) is 1. The van der Waals surface area contributed by atoms with Gasteiger partial charge in [0.25, 0.3) is 0 Å². The van der Waals surface area contributed by atoms with Crippen LogP contribution >= 0.6 is 27.3 Å². The summed E-state index contributed by atoms with van der Waals surface area (Å²) in [5, 5.41) is 5.69. The molecular weight excluding hydrogens is 308 g/mol. The monoisotopic (exact) mass is 332 g/mol. The molecule has 2 nitrogen and oxygen atoms in total. The predicted molar refractivity (Wildman–Crippen MR) is 85.3 cm³/mol. The van der Waals surface area contributed by atoms with Gasteiger partial charge in [-0.15, -0.1) is 11.3 Å². The van der Waals surface area contributed by atoms with Crippen molar-refractivity contribution in [3.8, 4) is 0 Å². The summed E-state index contributed by atoms with van der Waals surface area (Å²) < 4.78 is 1.23. The van der Waals surface area contributed by atoms with Gasteiger partial charge in [-0.3, -0.25) is 0 Å². The minimum Gasteiger partial charge on any atom is -0.315 e. The topological polar surface area (TPSA) is 15.3 Å². The zero-order valence-corrected chi connectivity index (χ0v) is 14.1. The van der Waals surface area contributed by atoms with Crippen LogP contribution in [-0.4, -0.2) is 31.1 Å². The van der Waals surface area contributed by atoms with E-state index >= 15 is 0 Å². The number of thiophene rings is 1. The van der Waals surface area contributed by atoms with Crippen molar-refractivity contribution in [3.63, 3.8) is 0 Å². The lowest BCUT2D eigenvalue weighted by Gasteiger charge is -2.15. The summed E-state index contributed by atoms with van der Waals surface area (Å²) in [6.07, 6.45) is 3.90. The molecule has 1 aromatic heterocycles. The molecule has 0 saturated heterocycles. The van der Waals surface area contributed by atoms with E-state index in [0.717, 1.165) is 13.1 Å². The van der Waals surface area contributed by atoms with Gasteiger partial charge in [-0.25, -0.2) is 0 Å². The maximum atomic E-state index is 3.51. The molecule has 0 spiro atoms. The van der Waals surface area contributed by atoms with Crippen molar-refractivity contribution >= 4 is 27.3 Å². The highest BCUT2D eigenvalue weighted by atomic mass is 79.9. The lowest BCUT2D eigenvalue weighted by Crippen LogP contribution is -2.24. The van der Waals surface area contributed by atoms with E-state index in [4.69, 9.17) is 0 Å². The highest BCUT2D eigenvalue weighted by Gasteiger charge is 2.02. The fourth-order valence-electron chi connectivity index (χ4n) is 1.89. The van der Waals surface area contributed by atoms with Crippen molar-refractivity contribution in [2.24, 2.45) is 0 Å². The van der Waals surface area contributed by atoms with E-state index in [-0.39, 0.29) is 0 Å². The minimum atomic E-state index is 0.615. The Labute approximate surface area is 124 Å². The second kappa shape index (κ2) is 9.08. The number of hydrogen-bond donors (Lipinski definition) is 1. The number of unbranched alkanes of at least 4 members (excludes halogenated alkanes) is 2. The van der Waals surface area contributed by atoms with Gasteiger partial charge in [-0.2, -0.15) is 0 Å². The summed E-state index contributed by atoms with van der Waals surface area (Å²) in [4.78, 5) is 2.41. The van der Waals surface area contributed by atoms with Gasteiger partial charge in [0.05, 0.1) is 3.79 Å². The molecule has 1 aromatic rings. The van der Waals surface area contributed by atoms with Crippen molar-refractivity contribution in [2.45, 2.75) is 45.7 Å². The third kappa shape index (κ3) is 7.52. The van der Waals surface area contributed by atoms with E-state index in [1.807, 2.05) is 0 Å². The fourth-order valence-corrected chi connectivity index (χ4v) is 3.09. The summed E-state index contributed by atoms with van der Waals surface area (Å²) in [6.45, 7) is 7.81. The molecule has 0 aromatic carbocycles. The largest absolute Gasteiger partial charge is 0.315 e. The fraction of sp³-hybridized carbons (Fsp3) is 0.714. The van der Waals surface area contributed by atoms with E-state index < -0.39 is 0 Å². The van der Waals surface area contributed by atoms with Crippen LogP contribution in [0.2, 0.25) is 0 Å². The van der Waals surface area contributed by atoms with Crippen molar-refractivity contribution < 1.29 is 0 Å². The Morgan fingerprint density at radius 1 is 1.33 bits per heavy atom. The van der Waals surface area contributed by atoms with Gasteiger partial charge in [-0.1, -0.05) is 20.3 Å². The van der Waals surface area contributed by atoms with Crippen LogP contribution in [0.25, 0.3) is 0 Å². The van der Waals surface area contributed by atoms with Gasteiger partial charge in [0.15, 0.2) is 0 Å². The first-order chi connectivity index (χ1) is 8.58.